The van der Waals surface area contributed by atoms with E-state index in [1.165, 1.54) is 23.5 Å². The third-order valence-electron chi connectivity index (χ3n) is 4.32. The molecule has 0 unspecified atom stereocenters. The maximum atomic E-state index is 13.5. The molecule has 6 nitrogen and oxygen atoms in total. The molecule has 4 rings (SSSR count). The minimum atomic E-state index is -0.327. The summed E-state index contributed by atoms with van der Waals surface area (Å²) >= 11 is 4.84. The van der Waals surface area contributed by atoms with Crippen LogP contribution in [0, 0.1) is 5.82 Å². The normalized spacial score (nSPS) is 11.0. The molecule has 9 heteroatoms. The first-order chi connectivity index (χ1) is 14.0. The second-order valence-electron chi connectivity index (χ2n) is 6.22. The van der Waals surface area contributed by atoms with Crippen molar-refractivity contribution in [1.29, 1.82) is 0 Å². The van der Waals surface area contributed by atoms with E-state index in [2.05, 4.69) is 31.3 Å². The topological polar surface area (TPSA) is 68.5 Å². The quantitative estimate of drug-likeness (QED) is 0.451. The number of nitrogens with zero attached hydrogens (tertiary/aromatic N) is 3. The first-order valence-electron chi connectivity index (χ1n) is 8.76. The highest BCUT2D eigenvalue weighted by Crippen LogP contribution is 2.23. The molecule has 0 spiro atoms. The lowest BCUT2D eigenvalue weighted by molar-refractivity contribution is 0.0953. The van der Waals surface area contributed by atoms with Crippen molar-refractivity contribution >= 4 is 38.1 Å². The molecule has 0 aliphatic rings. The average molecular weight is 475 g/mol. The molecule has 1 N–H and O–H groups in total. The molecule has 4 aromatic rings. The number of carbonyl (C=O) groups is 1. The first kappa shape index (κ1) is 19.5. The summed E-state index contributed by atoms with van der Waals surface area (Å²) in [5, 5.41) is 9.36. The maximum Gasteiger partial charge on any atom is 0.252 e. The van der Waals surface area contributed by atoms with Crippen molar-refractivity contribution in [3.63, 3.8) is 0 Å². The van der Waals surface area contributed by atoms with Gasteiger partial charge in [0.1, 0.15) is 11.6 Å². The van der Waals surface area contributed by atoms with E-state index in [1.807, 2.05) is 5.38 Å². The van der Waals surface area contributed by atoms with Crippen molar-refractivity contribution in [2.24, 2.45) is 0 Å². The van der Waals surface area contributed by atoms with E-state index in [4.69, 9.17) is 4.74 Å². The lowest BCUT2D eigenvalue weighted by Gasteiger charge is -2.08. The Morgan fingerprint density at radius 2 is 2.17 bits per heavy atom. The molecule has 2 heterocycles. The van der Waals surface area contributed by atoms with Gasteiger partial charge >= 0.3 is 0 Å². The SMILES string of the molecule is COc1ccc(Br)c(C(=O)NCCc2csc3nc(-c4cccc(F)c4)nn23)c1. The van der Waals surface area contributed by atoms with Gasteiger partial charge in [-0.1, -0.05) is 12.1 Å². The third-order valence-corrected chi connectivity index (χ3v) is 5.87. The number of hydrogen-bond acceptors (Lipinski definition) is 5. The van der Waals surface area contributed by atoms with Gasteiger partial charge in [-0.15, -0.1) is 16.4 Å². The van der Waals surface area contributed by atoms with Gasteiger partial charge in [0.05, 0.1) is 18.4 Å². The fourth-order valence-corrected chi connectivity index (χ4v) is 4.13. The Hall–Kier alpha value is -2.78. The molecule has 0 saturated carbocycles. The van der Waals surface area contributed by atoms with E-state index in [1.54, 1.807) is 42.0 Å². The zero-order chi connectivity index (χ0) is 20.4. The Morgan fingerprint density at radius 3 is 2.97 bits per heavy atom. The van der Waals surface area contributed by atoms with Gasteiger partial charge in [-0.05, 0) is 46.3 Å². The molecule has 1 amide bonds. The van der Waals surface area contributed by atoms with Crippen molar-refractivity contribution < 1.29 is 13.9 Å². The Morgan fingerprint density at radius 1 is 1.31 bits per heavy atom. The summed E-state index contributed by atoms with van der Waals surface area (Å²) < 4.78 is 21.1. The monoisotopic (exact) mass is 474 g/mol. The van der Waals surface area contributed by atoms with Crippen LogP contribution in [0.3, 0.4) is 0 Å². The van der Waals surface area contributed by atoms with E-state index in [0.29, 0.717) is 40.1 Å². The Balaban J connectivity index is 1.46. The lowest BCUT2D eigenvalue weighted by Crippen LogP contribution is -2.26. The van der Waals surface area contributed by atoms with Crippen LogP contribution in [0.25, 0.3) is 16.3 Å². The van der Waals surface area contributed by atoms with Crippen LogP contribution < -0.4 is 10.1 Å². The zero-order valence-corrected chi connectivity index (χ0v) is 17.8. The summed E-state index contributed by atoms with van der Waals surface area (Å²) in [7, 11) is 1.56. The maximum absolute atomic E-state index is 13.5. The number of amides is 1. The van der Waals surface area contributed by atoms with Crippen molar-refractivity contribution in [3.05, 3.63) is 69.4 Å². The number of benzene rings is 2. The van der Waals surface area contributed by atoms with E-state index < -0.39 is 0 Å². The smallest absolute Gasteiger partial charge is 0.252 e. The standard InChI is InChI=1S/C20H16BrFN4O2S/c1-28-15-5-6-17(21)16(10-15)19(27)23-8-7-14-11-29-20-24-18(25-26(14)20)12-3-2-4-13(22)9-12/h2-6,9-11H,7-8H2,1H3,(H,23,27). The van der Waals surface area contributed by atoms with Crippen LogP contribution in [-0.2, 0) is 6.42 Å². The molecular weight excluding hydrogens is 459 g/mol. The molecule has 2 aromatic heterocycles. The number of ether oxygens (including phenoxy) is 1. The van der Waals surface area contributed by atoms with E-state index in [-0.39, 0.29) is 11.7 Å². The van der Waals surface area contributed by atoms with Crippen LogP contribution in [0.2, 0.25) is 0 Å². The third kappa shape index (κ3) is 4.15. The molecule has 0 fully saturated rings. The summed E-state index contributed by atoms with van der Waals surface area (Å²) in [6, 6.07) is 11.4. The van der Waals surface area contributed by atoms with Gasteiger partial charge in [0.15, 0.2) is 5.82 Å². The minimum Gasteiger partial charge on any atom is -0.497 e. The molecule has 0 atom stereocenters. The number of nitrogens with one attached hydrogen (secondary N) is 1. The van der Waals surface area contributed by atoms with Gasteiger partial charge in [-0.3, -0.25) is 4.79 Å². The molecule has 0 saturated heterocycles. The minimum absolute atomic E-state index is 0.193. The first-order valence-corrected chi connectivity index (χ1v) is 10.4. The Labute approximate surface area is 178 Å². The summed E-state index contributed by atoms with van der Waals surface area (Å²) in [5.41, 5.74) is 2.06. The molecular formula is C20H16BrFN4O2S. The average Bonchev–Trinajstić information content (AvgIpc) is 3.30. The molecule has 2 aromatic carbocycles. The number of methoxy groups -OCH3 is 1. The van der Waals surface area contributed by atoms with Crippen molar-refractivity contribution in [3.8, 4) is 17.1 Å². The summed E-state index contributed by atoms with van der Waals surface area (Å²) in [6.45, 7) is 0.434. The lowest BCUT2D eigenvalue weighted by atomic mass is 10.2. The molecule has 0 radical (unpaired) electrons. The number of thiazole rings is 1. The van der Waals surface area contributed by atoms with Crippen molar-refractivity contribution in [2.45, 2.75) is 6.42 Å². The van der Waals surface area contributed by atoms with Gasteiger partial charge in [0.2, 0.25) is 4.96 Å². The van der Waals surface area contributed by atoms with Crippen LogP contribution in [0.15, 0.2) is 52.3 Å². The van der Waals surface area contributed by atoms with Crippen LogP contribution in [0.4, 0.5) is 4.39 Å². The number of rotatable bonds is 6. The molecule has 148 valence electrons. The van der Waals surface area contributed by atoms with Crippen LogP contribution in [-0.4, -0.2) is 34.2 Å². The van der Waals surface area contributed by atoms with E-state index >= 15 is 0 Å². The van der Waals surface area contributed by atoms with Gasteiger partial charge in [-0.2, -0.15) is 4.98 Å². The van der Waals surface area contributed by atoms with Crippen LogP contribution in [0.1, 0.15) is 16.1 Å². The predicted octanol–water partition coefficient (Wildman–Crippen LogP) is 4.34. The zero-order valence-electron chi connectivity index (χ0n) is 15.4. The number of carbonyl (C=O) groups excluding carboxylic acids is 1. The molecule has 0 aliphatic heterocycles. The fraction of sp³-hybridized carbons (Fsp3) is 0.150. The Kier molecular flexibility index (Phi) is 5.59. The number of aromatic nitrogens is 3. The summed E-state index contributed by atoms with van der Waals surface area (Å²) in [4.78, 5) is 17.7. The second-order valence-corrected chi connectivity index (χ2v) is 7.91. The molecule has 0 bridgehead atoms. The second kappa shape index (κ2) is 8.30. The number of hydrogen-bond donors (Lipinski definition) is 1. The van der Waals surface area contributed by atoms with Gasteiger partial charge in [0, 0.05) is 28.4 Å². The van der Waals surface area contributed by atoms with Crippen molar-refractivity contribution in [1.82, 2.24) is 19.9 Å². The highest BCUT2D eigenvalue weighted by Gasteiger charge is 2.14. The summed E-state index contributed by atoms with van der Waals surface area (Å²) in [5.74, 6) is 0.570. The van der Waals surface area contributed by atoms with Crippen LogP contribution in [0.5, 0.6) is 5.75 Å². The molecule has 0 aliphatic carbocycles. The summed E-state index contributed by atoms with van der Waals surface area (Å²) in [6.07, 6.45) is 0.583. The number of fused-ring (bicyclic) bond motifs is 1. The van der Waals surface area contributed by atoms with E-state index in [9.17, 15) is 9.18 Å². The van der Waals surface area contributed by atoms with E-state index in [0.717, 1.165) is 10.7 Å². The predicted molar refractivity (Wildman–Crippen MR) is 113 cm³/mol. The molecule has 29 heavy (non-hydrogen) atoms. The number of halogens is 2. The Bertz CT molecular complexity index is 1190. The largest absolute Gasteiger partial charge is 0.497 e. The van der Waals surface area contributed by atoms with Gasteiger partial charge < -0.3 is 10.1 Å². The van der Waals surface area contributed by atoms with Crippen molar-refractivity contribution in [2.75, 3.05) is 13.7 Å². The van der Waals surface area contributed by atoms with Gasteiger partial charge in [0.25, 0.3) is 5.91 Å². The highest BCUT2D eigenvalue weighted by atomic mass is 79.9. The van der Waals surface area contributed by atoms with Crippen LogP contribution >= 0.6 is 27.3 Å². The van der Waals surface area contributed by atoms with Gasteiger partial charge in [-0.25, -0.2) is 8.91 Å². The highest BCUT2D eigenvalue weighted by molar-refractivity contribution is 9.10. The fourth-order valence-electron chi connectivity index (χ4n) is 2.85.